The van der Waals surface area contributed by atoms with Gasteiger partial charge < -0.3 is 15.4 Å². The third kappa shape index (κ3) is 4.65. The summed E-state index contributed by atoms with van der Waals surface area (Å²) in [6.45, 7) is 6.46. The Morgan fingerprint density at radius 3 is 2.58 bits per heavy atom. The SMILES string of the molecule is COCCN(CCCN)C(=O)c1ccc(C)c(C)c1. The molecular formula is C15H24N2O2. The highest BCUT2D eigenvalue weighted by Gasteiger charge is 2.15. The summed E-state index contributed by atoms with van der Waals surface area (Å²) in [6, 6.07) is 5.81. The molecule has 0 aliphatic heterocycles. The lowest BCUT2D eigenvalue weighted by atomic mass is 10.1. The van der Waals surface area contributed by atoms with Crippen LogP contribution in [0.5, 0.6) is 0 Å². The topological polar surface area (TPSA) is 55.6 Å². The van der Waals surface area contributed by atoms with Crippen molar-refractivity contribution in [2.24, 2.45) is 5.73 Å². The molecule has 0 bridgehead atoms. The summed E-state index contributed by atoms with van der Waals surface area (Å²) in [4.78, 5) is 14.3. The summed E-state index contributed by atoms with van der Waals surface area (Å²) in [7, 11) is 1.64. The number of hydrogen-bond acceptors (Lipinski definition) is 3. The molecule has 1 rings (SSSR count). The smallest absolute Gasteiger partial charge is 0.253 e. The van der Waals surface area contributed by atoms with Crippen molar-refractivity contribution in [2.45, 2.75) is 20.3 Å². The number of methoxy groups -OCH3 is 1. The first kappa shape index (κ1) is 15.7. The monoisotopic (exact) mass is 264 g/mol. The van der Waals surface area contributed by atoms with Crippen molar-refractivity contribution in [1.29, 1.82) is 0 Å². The highest BCUT2D eigenvalue weighted by atomic mass is 16.5. The van der Waals surface area contributed by atoms with Crippen molar-refractivity contribution < 1.29 is 9.53 Å². The summed E-state index contributed by atoms with van der Waals surface area (Å²) < 4.78 is 5.06. The number of ether oxygens (including phenoxy) is 1. The highest BCUT2D eigenvalue weighted by Crippen LogP contribution is 2.12. The lowest BCUT2D eigenvalue weighted by molar-refractivity contribution is 0.0694. The zero-order valence-corrected chi connectivity index (χ0v) is 12.1. The summed E-state index contributed by atoms with van der Waals surface area (Å²) in [6.07, 6.45) is 0.806. The highest BCUT2D eigenvalue weighted by molar-refractivity contribution is 5.94. The predicted molar refractivity (Wildman–Crippen MR) is 77.4 cm³/mol. The van der Waals surface area contributed by atoms with E-state index in [1.54, 1.807) is 12.0 Å². The first-order valence-electron chi connectivity index (χ1n) is 6.65. The molecule has 0 atom stereocenters. The molecule has 4 heteroatoms. The zero-order valence-electron chi connectivity index (χ0n) is 12.1. The van der Waals surface area contributed by atoms with E-state index >= 15 is 0 Å². The van der Waals surface area contributed by atoms with Crippen molar-refractivity contribution in [3.8, 4) is 0 Å². The van der Waals surface area contributed by atoms with Crippen LogP contribution >= 0.6 is 0 Å². The van der Waals surface area contributed by atoms with Crippen LogP contribution in [0.1, 0.15) is 27.9 Å². The number of aryl methyl sites for hydroxylation is 2. The molecule has 0 saturated carbocycles. The van der Waals surface area contributed by atoms with Crippen molar-refractivity contribution in [3.63, 3.8) is 0 Å². The number of nitrogens with zero attached hydrogens (tertiary/aromatic N) is 1. The molecule has 1 aromatic carbocycles. The van der Waals surface area contributed by atoms with Crippen LogP contribution in [0.25, 0.3) is 0 Å². The Kier molecular flexibility index (Phi) is 6.53. The number of carbonyl (C=O) groups is 1. The van der Waals surface area contributed by atoms with Gasteiger partial charge in [-0.05, 0) is 50.1 Å². The Bertz CT molecular complexity index is 411. The number of benzene rings is 1. The van der Waals surface area contributed by atoms with Gasteiger partial charge in [0.2, 0.25) is 0 Å². The van der Waals surface area contributed by atoms with Gasteiger partial charge in [-0.3, -0.25) is 4.79 Å². The predicted octanol–water partition coefficient (Wildman–Crippen LogP) is 1.74. The zero-order chi connectivity index (χ0) is 14.3. The molecular weight excluding hydrogens is 240 g/mol. The van der Waals surface area contributed by atoms with Crippen LogP contribution in [0.2, 0.25) is 0 Å². The van der Waals surface area contributed by atoms with Gasteiger partial charge in [-0.25, -0.2) is 0 Å². The average molecular weight is 264 g/mol. The molecule has 0 aromatic heterocycles. The van der Waals surface area contributed by atoms with E-state index in [1.807, 2.05) is 32.0 Å². The fourth-order valence-corrected chi connectivity index (χ4v) is 1.86. The second-order valence-corrected chi connectivity index (χ2v) is 4.73. The molecule has 0 aliphatic rings. The van der Waals surface area contributed by atoms with E-state index < -0.39 is 0 Å². The van der Waals surface area contributed by atoms with Crippen LogP contribution in [-0.4, -0.2) is 44.2 Å². The summed E-state index contributed by atoms with van der Waals surface area (Å²) >= 11 is 0. The van der Waals surface area contributed by atoms with Gasteiger partial charge in [0.05, 0.1) is 6.61 Å². The van der Waals surface area contributed by atoms with E-state index in [1.165, 1.54) is 5.56 Å². The van der Waals surface area contributed by atoms with Crippen molar-refractivity contribution in [2.75, 3.05) is 33.4 Å². The van der Waals surface area contributed by atoms with Gasteiger partial charge in [-0.1, -0.05) is 6.07 Å². The van der Waals surface area contributed by atoms with E-state index in [0.29, 0.717) is 26.2 Å². The summed E-state index contributed by atoms with van der Waals surface area (Å²) in [5.74, 6) is 0.0496. The largest absolute Gasteiger partial charge is 0.383 e. The molecule has 1 amide bonds. The van der Waals surface area contributed by atoms with E-state index in [2.05, 4.69) is 0 Å². The molecule has 0 heterocycles. The number of amides is 1. The third-order valence-electron chi connectivity index (χ3n) is 3.24. The van der Waals surface area contributed by atoms with Crippen LogP contribution in [0.4, 0.5) is 0 Å². The molecule has 0 fully saturated rings. The molecule has 1 aromatic rings. The fourth-order valence-electron chi connectivity index (χ4n) is 1.86. The number of hydrogen-bond donors (Lipinski definition) is 1. The summed E-state index contributed by atoms with van der Waals surface area (Å²) in [5, 5.41) is 0. The number of carbonyl (C=O) groups excluding carboxylic acids is 1. The van der Waals surface area contributed by atoms with E-state index in [4.69, 9.17) is 10.5 Å². The molecule has 19 heavy (non-hydrogen) atoms. The molecule has 2 N–H and O–H groups in total. The second kappa shape index (κ2) is 7.92. The van der Waals surface area contributed by atoms with Gasteiger partial charge in [0.25, 0.3) is 5.91 Å². The minimum absolute atomic E-state index is 0.0496. The Morgan fingerprint density at radius 2 is 2.00 bits per heavy atom. The minimum Gasteiger partial charge on any atom is -0.383 e. The molecule has 0 unspecified atom stereocenters. The van der Waals surface area contributed by atoms with Crippen LogP contribution < -0.4 is 5.73 Å². The van der Waals surface area contributed by atoms with Gasteiger partial charge in [0, 0.05) is 25.8 Å². The number of rotatable bonds is 7. The maximum Gasteiger partial charge on any atom is 0.253 e. The Balaban J connectivity index is 2.81. The maximum absolute atomic E-state index is 12.4. The van der Waals surface area contributed by atoms with Crippen LogP contribution in [0.3, 0.4) is 0 Å². The molecule has 106 valence electrons. The van der Waals surface area contributed by atoms with E-state index in [9.17, 15) is 4.79 Å². The maximum atomic E-state index is 12.4. The molecule has 0 spiro atoms. The van der Waals surface area contributed by atoms with Crippen molar-refractivity contribution in [1.82, 2.24) is 4.90 Å². The standard InChI is InChI=1S/C15H24N2O2/c1-12-5-6-14(11-13(12)2)15(18)17(8-4-7-16)9-10-19-3/h5-6,11H,4,7-10,16H2,1-3H3. The summed E-state index contributed by atoms with van der Waals surface area (Å²) in [5.41, 5.74) is 8.58. The quantitative estimate of drug-likeness (QED) is 0.816. The van der Waals surface area contributed by atoms with Crippen LogP contribution in [0, 0.1) is 13.8 Å². The molecule has 0 aliphatic carbocycles. The lowest BCUT2D eigenvalue weighted by Gasteiger charge is -2.22. The molecule has 0 saturated heterocycles. The Hall–Kier alpha value is -1.39. The lowest BCUT2D eigenvalue weighted by Crippen LogP contribution is -2.35. The van der Waals surface area contributed by atoms with Gasteiger partial charge in [-0.2, -0.15) is 0 Å². The van der Waals surface area contributed by atoms with Gasteiger partial charge >= 0.3 is 0 Å². The van der Waals surface area contributed by atoms with Crippen LogP contribution in [0.15, 0.2) is 18.2 Å². The molecule has 0 radical (unpaired) electrons. The van der Waals surface area contributed by atoms with Crippen molar-refractivity contribution >= 4 is 5.91 Å². The van der Waals surface area contributed by atoms with Crippen molar-refractivity contribution in [3.05, 3.63) is 34.9 Å². The number of nitrogens with two attached hydrogens (primary N) is 1. The van der Waals surface area contributed by atoms with E-state index in [-0.39, 0.29) is 5.91 Å². The third-order valence-corrected chi connectivity index (χ3v) is 3.24. The average Bonchev–Trinajstić information content (AvgIpc) is 2.41. The minimum atomic E-state index is 0.0496. The first-order chi connectivity index (χ1) is 9.10. The van der Waals surface area contributed by atoms with Gasteiger partial charge in [-0.15, -0.1) is 0 Å². The molecule has 4 nitrogen and oxygen atoms in total. The van der Waals surface area contributed by atoms with Crippen LogP contribution in [-0.2, 0) is 4.74 Å². The normalized spacial score (nSPS) is 10.5. The first-order valence-corrected chi connectivity index (χ1v) is 6.65. The van der Waals surface area contributed by atoms with Gasteiger partial charge in [0.1, 0.15) is 0 Å². The Labute approximate surface area is 115 Å². The van der Waals surface area contributed by atoms with E-state index in [0.717, 1.165) is 17.5 Å². The van der Waals surface area contributed by atoms with Gasteiger partial charge in [0.15, 0.2) is 0 Å². The second-order valence-electron chi connectivity index (χ2n) is 4.73. The Morgan fingerprint density at radius 1 is 1.26 bits per heavy atom. The fraction of sp³-hybridized carbons (Fsp3) is 0.533.